The second kappa shape index (κ2) is 8.34. The van der Waals surface area contributed by atoms with Gasteiger partial charge in [-0.15, -0.1) is 0 Å². The summed E-state index contributed by atoms with van der Waals surface area (Å²) in [4.78, 5) is 25.3. The molecule has 0 saturated carbocycles. The lowest BCUT2D eigenvalue weighted by molar-refractivity contribution is -0.142. The van der Waals surface area contributed by atoms with Crippen LogP contribution in [0, 0.1) is 0 Å². The van der Waals surface area contributed by atoms with Gasteiger partial charge in [0.15, 0.2) is 11.5 Å². The molecule has 1 saturated heterocycles. The molecule has 0 bridgehead atoms. The first-order valence-electron chi connectivity index (χ1n) is 7.29. The first kappa shape index (κ1) is 18.5. The van der Waals surface area contributed by atoms with Gasteiger partial charge < -0.3 is 14.2 Å². The quantitative estimate of drug-likeness (QED) is 0.538. The number of methoxy groups -OCH3 is 3. The third kappa shape index (κ3) is 4.18. The number of rotatable bonds is 7. The number of hydrogen-bond acceptors (Lipinski definition) is 7. The van der Waals surface area contributed by atoms with Crippen LogP contribution in [0.25, 0.3) is 0 Å². The van der Waals surface area contributed by atoms with Crippen LogP contribution in [0.15, 0.2) is 18.2 Å². The normalized spacial score (nSPS) is 17.1. The highest BCUT2D eigenvalue weighted by molar-refractivity contribution is 8.24. The smallest absolute Gasteiger partial charge is 0.307 e. The first-order valence-corrected chi connectivity index (χ1v) is 8.58. The van der Waals surface area contributed by atoms with Crippen LogP contribution in [-0.4, -0.2) is 54.2 Å². The summed E-state index contributed by atoms with van der Waals surface area (Å²) in [5.41, 5.74) is 1.00. The molecule has 0 unspecified atom stereocenters. The average Bonchev–Trinajstić information content (AvgIpc) is 2.85. The van der Waals surface area contributed by atoms with E-state index >= 15 is 0 Å². The molecule has 1 heterocycles. The average molecular weight is 369 g/mol. The maximum atomic E-state index is 12.4. The molecule has 6 nitrogen and oxygen atoms in total. The van der Waals surface area contributed by atoms with Crippen molar-refractivity contribution in [2.45, 2.75) is 18.1 Å². The van der Waals surface area contributed by atoms with E-state index in [-0.39, 0.29) is 12.3 Å². The molecule has 0 aliphatic carbocycles. The standard InChI is InChI=1S/C16H19NO5S2/c1-20-11-5-4-10(8-12(11)21-2)6-7-17-15(19)13(24-16(17)23)9-14(18)22-3/h4-5,8,13H,6-7,9H2,1-3H3/t13-/m1/s1. The van der Waals surface area contributed by atoms with Gasteiger partial charge in [0.05, 0.1) is 27.8 Å². The third-order valence-electron chi connectivity index (χ3n) is 3.66. The molecule has 1 aromatic rings. The van der Waals surface area contributed by atoms with Crippen molar-refractivity contribution in [3.63, 3.8) is 0 Å². The summed E-state index contributed by atoms with van der Waals surface area (Å²) in [6.07, 6.45) is 0.657. The van der Waals surface area contributed by atoms with Crippen molar-refractivity contribution in [2.75, 3.05) is 27.9 Å². The molecule has 1 aliphatic heterocycles. The van der Waals surface area contributed by atoms with Crippen LogP contribution in [0.4, 0.5) is 0 Å². The molecule has 8 heteroatoms. The maximum Gasteiger partial charge on any atom is 0.307 e. The van der Waals surface area contributed by atoms with Crippen LogP contribution in [0.1, 0.15) is 12.0 Å². The van der Waals surface area contributed by atoms with Gasteiger partial charge in [-0.1, -0.05) is 30.0 Å². The van der Waals surface area contributed by atoms with Crippen LogP contribution in [0.5, 0.6) is 11.5 Å². The van der Waals surface area contributed by atoms with Crippen LogP contribution in [0.2, 0.25) is 0 Å². The lowest BCUT2D eigenvalue weighted by Crippen LogP contribution is -2.34. The lowest BCUT2D eigenvalue weighted by atomic mass is 10.1. The molecule has 1 aliphatic rings. The van der Waals surface area contributed by atoms with Crippen LogP contribution in [0.3, 0.4) is 0 Å². The van der Waals surface area contributed by atoms with E-state index in [1.807, 2.05) is 18.2 Å². The van der Waals surface area contributed by atoms with Crippen molar-refractivity contribution < 1.29 is 23.8 Å². The Kier molecular flexibility index (Phi) is 6.44. The van der Waals surface area contributed by atoms with Crippen LogP contribution >= 0.6 is 24.0 Å². The summed E-state index contributed by atoms with van der Waals surface area (Å²) >= 11 is 6.50. The Bertz CT molecular complexity index is 649. The lowest BCUT2D eigenvalue weighted by Gasteiger charge is -2.16. The minimum Gasteiger partial charge on any atom is -0.493 e. The largest absolute Gasteiger partial charge is 0.493 e. The number of thiocarbonyl (C=S) groups is 1. The molecule has 0 radical (unpaired) electrons. The van der Waals surface area contributed by atoms with E-state index in [4.69, 9.17) is 21.7 Å². The summed E-state index contributed by atoms with van der Waals surface area (Å²) in [5.74, 6) is 0.743. The number of nitrogens with zero attached hydrogens (tertiary/aromatic N) is 1. The molecule has 2 rings (SSSR count). The predicted octanol–water partition coefficient (Wildman–Crippen LogP) is 2.04. The van der Waals surface area contributed by atoms with E-state index in [9.17, 15) is 9.59 Å². The Balaban J connectivity index is 2.00. The van der Waals surface area contributed by atoms with Crippen molar-refractivity contribution in [1.29, 1.82) is 0 Å². The number of amides is 1. The van der Waals surface area contributed by atoms with Crippen molar-refractivity contribution in [3.05, 3.63) is 23.8 Å². The molecule has 1 aromatic carbocycles. The number of carbonyl (C=O) groups is 2. The molecular weight excluding hydrogens is 350 g/mol. The Morgan fingerprint density at radius 2 is 1.96 bits per heavy atom. The number of thioether (sulfide) groups is 1. The van der Waals surface area contributed by atoms with Gasteiger partial charge in [0.25, 0.3) is 0 Å². The van der Waals surface area contributed by atoms with Crippen LogP contribution in [-0.2, 0) is 20.7 Å². The number of hydrogen-bond donors (Lipinski definition) is 0. The summed E-state index contributed by atoms with van der Waals surface area (Å²) in [6.45, 7) is 0.456. The summed E-state index contributed by atoms with van der Waals surface area (Å²) in [7, 11) is 4.46. The second-order valence-corrected chi connectivity index (χ2v) is 6.92. The predicted molar refractivity (Wildman–Crippen MR) is 95.6 cm³/mol. The zero-order valence-electron chi connectivity index (χ0n) is 13.7. The Morgan fingerprint density at radius 3 is 2.58 bits per heavy atom. The Labute approximate surface area is 150 Å². The highest BCUT2D eigenvalue weighted by Gasteiger charge is 2.38. The van der Waals surface area contributed by atoms with E-state index < -0.39 is 11.2 Å². The Morgan fingerprint density at radius 1 is 1.25 bits per heavy atom. The zero-order valence-corrected chi connectivity index (χ0v) is 15.4. The van der Waals surface area contributed by atoms with E-state index in [2.05, 4.69) is 4.74 Å². The van der Waals surface area contributed by atoms with E-state index in [1.165, 1.54) is 18.9 Å². The van der Waals surface area contributed by atoms with E-state index in [0.717, 1.165) is 5.56 Å². The maximum absolute atomic E-state index is 12.4. The third-order valence-corrected chi connectivity index (χ3v) is 5.24. The highest BCUT2D eigenvalue weighted by Crippen LogP contribution is 2.31. The summed E-state index contributed by atoms with van der Waals surface area (Å²) < 4.78 is 15.6. The summed E-state index contributed by atoms with van der Waals surface area (Å²) in [6, 6.07) is 5.62. The number of carbonyl (C=O) groups excluding carboxylic acids is 2. The molecule has 1 fully saturated rings. The number of ether oxygens (including phenoxy) is 3. The minimum atomic E-state index is -0.490. The van der Waals surface area contributed by atoms with Crippen molar-refractivity contribution in [1.82, 2.24) is 4.90 Å². The molecular formula is C16H19NO5S2. The van der Waals surface area contributed by atoms with Crippen molar-refractivity contribution in [3.8, 4) is 11.5 Å². The molecule has 0 spiro atoms. The number of benzene rings is 1. The molecule has 1 amide bonds. The van der Waals surface area contributed by atoms with E-state index in [1.54, 1.807) is 19.1 Å². The first-order chi connectivity index (χ1) is 11.5. The molecule has 1 atom stereocenters. The molecule has 24 heavy (non-hydrogen) atoms. The number of esters is 1. The van der Waals surface area contributed by atoms with Gasteiger partial charge in [-0.3, -0.25) is 14.5 Å². The minimum absolute atomic E-state index is 0.0347. The van der Waals surface area contributed by atoms with Gasteiger partial charge in [0, 0.05) is 6.54 Å². The van der Waals surface area contributed by atoms with Crippen molar-refractivity contribution >= 4 is 40.2 Å². The fraction of sp³-hybridized carbons (Fsp3) is 0.438. The molecule has 130 valence electrons. The van der Waals surface area contributed by atoms with Gasteiger partial charge >= 0.3 is 5.97 Å². The Hall–Kier alpha value is -1.80. The van der Waals surface area contributed by atoms with Gasteiger partial charge in [-0.05, 0) is 24.1 Å². The fourth-order valence-electron chi connectivity index (χ4n) is 2.34. The fourth-order valence-corrected chi connectivity index (χ4v) is 3.87. The summed E-state index contributed by atoms with van der Waals surface area (Å²) in [5, 5.41) is -0.490. The zero-order chi connectivity index (χ0) is 17.7. The van der Waals surface area contributed by atoms with Gasteiger partial charge in [-0.25, -0.2) is 0 Å². The molecule has 0 N–H and O–H groups in total. The van der Waals surface area contributed by atoms with Gasteiger partial charge in [0.2, 0.25) is 5.91 Å². The second-order valence-electron chi connectivity index (χ2n) is 5.08. The van der Waals surface area contributed by atoms with Gasteiger partial charge in [-0.2, -0.15) is 0 Å². The van der Waals surface area contributed by atoms with Crippen LogP contribution < -0.4 is 9.47 Å². The van der Waals surface area contributed by atoms with Crippen molar-refractivity contribution in [2.24, 2.45) is 0 Å². The van der Waals surface area contributed by atoms with Gasteiger partial charge in [0.1, 0.15) is 9.57 Å². The monoisotopic (exact) mass is 369 g/mol. The topological polar surface area (TPSA) is 65.1 Å². The SMILES string of the molecule is COC(=O)C[C@H]1SC(=S)N(CCc2ccc(OC)c(OC)c2)C1=O. The highest BCUT2D eigenvalue weighted by atomic mass is 32.2. The molecule has 0 aromatic heterocycles. The van der Waals surface area contributed by atoms with E-state index in [0.29, 0.717) is 28.8 Å².